The normalized spacial score (nSPS) is 10.8. The van der Waals surface area contributed by atoms with E-state index in [9.17, 15) is 0 Å². The van der Waals surface area contributed by atoms with Gasteiger partial charge in [0.2, 0.25) is 0 Å². The Hall–Kier alpha value is -0.441. The Balaban J connectivity index is 2.97. The van der Waals surface area contributed by atoms with Gasteiger partial charge in [0.05, 0.1) is 0 Å². The Morgan fingerprint density at radius 3 is 2.75 bits per heavy atom. The molecule has 2 aromatic rings. The van der Waals surface area contributed by atoms with Crippen LogP contribution < -0.4 is 4.59 Å². The molecule has 0 N–H and O–H groups in total. The van der Waals surface area contributed by atoms with E-state index in [0.717, 1.165) is 9.42 Å². The molecule has 2 nitrogen and oxygen atoms in total. The van der Waals surface area contributed by atoms with E-state index in [2.05, 4.69) is 39.8 Å². The van der Waals surface area contributed by atoms with Gasteiger partial charge in [0.15, 0.2) is 0 Å². The third-order valence-electron chi connectivity index (χ3n) is 1.93. The van der Waals surface area contributed by atoms with E-state index in [1.165, 1.54) is 15.8 Å². The molecule has 0 aliphatic rings. The summed E-state index contributed by atoms with van der Waals surface area (Å²) in [6.07, 6.45) is 1.60. The van der Waals surface area contributed by atoms with Crippen molar-refractivity contribution in [3.05, 3.63) is 16.8 Å². The van der Waals surface area contributed by atoms with Crippen LogP contribution in [-0.2, 0) is 0 Å². The number of rotatable bonds is 0. The van der Waals surface area contributed by atoms with Gasteiger partial charge < -0.3 is 0 Å². The minimum absolute atomic E-state index is 0.960. The van der Waals surface area contributed by atoms with E-state index < -0.39 is 0 Å². The standard InChI is InChI=1S/C8H7N2SSe/c1-4-5(2)11-7-6(4)8(12)10-3-9-7/h3H,1-2H3. The molecule has 0 aliphatic heterocycles. The second-order valence-electron chi connectivity index (χ2n) is 2.64. The van der Waals surface area contributed by atoms with Crippen LogP contribution in [0.1, 0.15) is 10.4 Å². The van der Waals surface area contributed by atoms with Gasteiger partial charge >= 0.3 is 82.7 Å². The molecule has 1 radical (unpaired) electrons. The Morgan fingerprint density at radius 1 is 1.33 bits per heavy atom. The Morgan fingerprint density at radius 2 is 2.08 bits per heavy atom. The number of aryl methyl sites for hydroxylation is 2. The van der Waals surface area contributed by atoms with Gasteiger partial charge in [-0.2, -0.15) is 0 Å². The Labute approximate surface area is 82.9 Å². The topological polar surface area (TPSA) is 25.8 Å². The van der Waals surface area contributed by atoms with E-state index in [4.69, 9.17) is 0 Å². The molecule has 2 heterocycles. The van der Waals surface area contributed by atoms with E-state index >= 15 is 0 Å². The number of fused-ring (bicyclic) bond motifs is 1. The molecule has 0 fully saturated rings. The maximum absolute atomic E-state index is 4.21. The number of nitrogens with zero attached hydrogens (tertiary/aromatic N) is 2. The van der Waals surface area contributed by atoms with Crippen LogP contribution in [0.4, 0.5) is 0 Å². The summed E-state index contributed by atoms with van der Waals surface area (Å²) in [6, 6.07) is 0. The summed E-state index contributed by atoms with van der Waals surface area (Å²) in [5.74, 6) is 0. The molecule has 61 valence electrons. The van der Waals surface area contributed by atoms with Crippen LogP contribution in [0.2, 0.25) is 0 Å². The van der Waals surface area contributed by atoms with Gasteiger partial charge in [-0.3, -0.25) is 0 Å². The third kappa shape index (κ3) is 1.07. The number of hydrogen-bond donors (Lipinski definition) is 0. The van der Waals surface area contributed by atoms with Crippen LogP contribution in [0, 0.1) is 13.8 Å². The number of hydrogen-bond acceptors (Lipinski definition) is 3. The fourth-order valence-corrected chi connectivity index (χ4v) is 2.92. The van der Waals surface area contributed by atoms with Crippen molar-refractivity contribution < 1.29 is 0 Å². The van der Waals surface area contributed by atoms with Gasteiger partial charge in [-0.15, -0.1) is 0 Å². The van der Waals surface area contributed by atoms with Gasteiger partial charge in [0, 0.05) is 0 Å². The van der Waals surface area contributed by atoms with E-state index in [-0.39, 0.29) is 0 Å². The fraction of sp³-hybridized carbons (Fsp3) is 0.250. The fourth-order valence-electron chi connectivity index (χ4n) is 1.15. The second kappa shape index (κ2) is 2.80. The molecule has 0 spiro atoms. The second-order valence-corrected chi connectivity index (χ2v) is 4.66. The molecule has 12 heavy (non-hydrogen) atoms. The van der Waals surface area contributed by atoms with Crippen molar-refractivity contribution >= 4 is 42.2 Å². The molecular formula is C8H7N2SSe. The van der Waals surface area contributed by atoms with Gasteiger partial charge in [-0.1, -0.05) is 0 Å². The molecule has 0 bridgehead atoms. The molecule has 0 amide bonds. The number of thiophene rings is 1. The van der Waals surface area contributed by atoms with Crippen LogP contribution in [0.15, 0.2) is 6.33 Å². The van der Waals surface area contributed by atoms with Crippen LogP contribution in [0.5, 0.6) is 0 Å². The summed E-state index contributed by atoms with van der Waals surface area (Å²) in [4.78, 5) is 10.7. The summed E-state index contributed by atoms with van der Waals surface area (Å²) >= 11 is 4.68. The van der Waals surface area contributed by atoms with E-state index in [0.29, 0.717) is 0 Å². The van der Waals surface area contributed by atoms with Gasteiger partial charge in [0.25, 0.3) is 0 Å². The zero-order chi connectivity index (χ0) is 8.72. The molecule has 2 rings (SSSR count). The third-order valence-corrected chi connectivity index (χ3v) is 3.70. The van der Waals surface area contributed by atoms with Gasteiger partial charge in [-0.05, 0) is 0 Å². The van der Waals surface area contributed by atoms with Gasteiger partial charge in [0.1, 0.15) is 0 Å². The molecule has 0 unspecified atom stereocenters. The summed E-state index contributed by atoms with van der Waals surface area (Å²) in [5.41, 5.74) is 1.30. The average molecular weight is 242 g/mol. The van der Waals surface area contributed by atoms with Crippen LogP contribution >= 0.6 is 11.3 Å². The minimum atomic E-state index is 0.960. The molecule has 0 saturated heterocycles. The predicted molar refractivity (Wildman–Crippen MR) is 52.3 cm³/mol. The zero-order valence-corrected chi connectivity index (χ0v) is 9.32. The first-order valence-corrected chi connectivity index (χ1v) is 5.25. The first-order valence-electron chi connectivity index (χ1n) is 3.58. The molecule has 4 heteroatoms. The van der Waals surface area contributed by atoms with Crippen molar-refractivity contribution in [2.24, 2.45) is 0 Å². The zero-order valence-electron chi connectivity index (χ0n) is 6.79. The van der Waals surface area contributed by atoms with Crippen molar-refractivity contribution in [3.63, 3.8) is 0 Å². The Kier molecular flexibility index (Phi) is 1.91. The molecule has 0 atom stereocenters. The van der Waals surface area contributed by atoms with Crippen molar-refractivity contribution in [1.82, 2.24) is 9.97 Å². The van der Waals surface area contributed by atoms with Crippen molar-refractivity contribution in [1.29, 1.82) is 0 Å². The van der Waals surface area contributed by atoms with Crippen molar-refractivity contribution in [2.45, 2.75) is 13.8 Å². The molecule has 0 aromatic carbocycles. The van der Waals surface area contributed by atoms with Crippen molar-refractivity contribution in [3.8, 4) is 0 Å². The summed E-state index contributed by atoms with van der Waals surface area (Å²) in [7, 11) is 0. The summed E-state index contributed by atoms with van der Waals surface area (Å²) in [5, 5.41) is 1.18. The summed E-state index contributed by atoms with van der Waals surface area (Å²) in [6.45, 7) is 4.22. The molecule has 0 aliphatic carbocycles. The van der Waals surface area contributed by atoms with Crippen LogP contribution in [0.25, 0.3) is 10.2 Å². The van der Waals surface area contributed by atoms with Crippen molar-refractivity contribution in [2.75, 3.05) is 0 Å². The molecule has 0 saturated carbocycles. The first kappa shape index (κ1) is 8.17. The number of aromatic nitrogens is 2. The molecular weight excluding hydrogens is 235 g/mol. The van der Waals surface area contributed by atoms with E-state index in [1.807, 2.05) is 0 Å². The SMILES string of the molecule is Cc1sc2ncnc([Se])c2c1C. The summed E-state index contributed by atoms with van der Waals surface area (Å²) < 4.78 is 0.960. The monoisotopic (exact) mass is 243 g/mol. The average Bonchev–Trinajstić information content (AvgIpc) is 2.29. The van der Waals surface area contributed by atoms with Crippen LogP contribution in [0.3, 0.4) is 0 Å². The Bertz CT molecular complexity index is 436. The maximum atomic E-state index is 4.21. The first-order chi connectivity index (χ1) is 5.70. The van der Waals surface area contributed by atoms with Gasteiger partial charge in [-0.25, -0.2) is 0 Å². The molecule has 2 aromatic heterocycles. The van der Waals surface area contributed by atoms with Crippen LogP contribution in [-0.4, -0.2) is 26.0 Å². The quantitative estimate of drug-likeness (QED) is 0.646. The predicted octanol–water partition coefficient (Wildman–Crippen LogP) is 1.10. The van der Waals surface area contributed by atoms with E-state index in [1.54, 1.807) is 17.7 Å².